The quantitative estimate of drug-likeness (QED) is 0.937. The number of aromatic amines is 1. The van der Waals surface area contributed by atoms with Gasteiger partial charge in [-0.05, 0) is 50.0 Å². The number of aryl methyl sites for hydroxylation is 1. The molecule has 3 aliphatic rings. The number of furan rings is 1. The van der Waals surface area contributed by atoms with Crippen molar-refractivity contribution in [1.29, 1.82) is 0 Å². The first-order chi connectivity index (χ1) is 11.7. The molecule has 2 saturated carbocycles. The largest absolute Gasteiger partial charge is 0.471 e. The number of hydrogen-bond donors (Lipinski definition) is 1. The number of carbonyl (C=O) groups is 1. The third-order valence-electron chi connectivity index (χ3n) is 5.78. The fraction of sp³-hybridized carbons (Fsp3) is 0.611. The van der Waals surface area contributed by atoms with Crippen LogP contribution in [0.3, 0.4) is 0 Å². The van der Waals surface area contributed by atoms with Crippen molar-refractivity contribution in [1.82, 2.24) is 20.1 Å². The minimum absolute atomic E-state index is 0.0799. The van der Waals surface area contributed by atoms with Gasteiger partial charge in [-0.15, -0.1) is 0 Å². The molecule has 2 aromatic rings. The van der Waals surface area contributed by atoms with Crippen LogP contribution in [0.2, 0.25) is 0 Å². The lowest BCUT2D eigenvalue weighted by atomic mass is 9.91. The Bertz CT molecular complexity index is 772. The van der Waals surface area contributed by atoms with Crippen molar-refractivity contribution in [3.05, 3.63) is 35.3 Å². The summed E-state index contributed by atoms with van der Waals surface area (Å²) in [5.74, 6) is 4.10. The van der Waals surface area contributed by atoms with Crippen LogP contribution in [-0.2, 0) is 0 Å². The predicted octanol–water partition coefficient (Wildman–Crippen LogP) is 2.85. The highest BCUT2D eigenvalue weighted by atomic mass is 16.3. The van der Waals surface area contributed by atoms with Gasteiger partial charge in [0.15, 0.2) is 5.82 Å². The molecule has 6 nitrogen and oxygen atoms in total. The first kappa shape index (κ1) is 14.3. The monoisotopic (exact) mass is 326 g/mol. The maximum Gasteiger partial charge on any atom is 0.257 e. The van der Waals surface area contributed by atoms with E-state index in [4.69, 9.17) is 9.40 Å². The number of carbonyl (C=O) groups excluding carboxylic acids is 1. The molecule has 0 spiro atoms. The highest BCUT2D eigenvalue weighted by molar-refractivity contribution is 5.95. The second-order valence-electron chi connectivity index (χ2n) is 7.64. The van der Waals surface area contributed by atoms with Gasteiger partial charge in [-0.2, -0.15) is 5.10 Å². The fourth-order valence-corrected chi connectivity index (χ4v) is 4.01. The van der Waals surface area contributed by atoms with E-state index < -0.39 is 0 Å². The SMILES string of the molecule is Cc1cocc1C(=O)N1C[C@H](c2nc(C3CC3)n[nH]2)[C@@H](C2CC2)C1. The normalized spacial score (nSPS) is 27.0. The first-order valence-corrected chi connectivity index (χ1v) is 8.95. The number of H-pyrrole nitrogens is 1. The summed E-state index contributed by atoms with van der Waals surface area (Å²) in [6.07, 6.45) is 8.17. The van der Waals surface area contributed by atoms with Crippen molar-refractivity contribution in [2.45, 2.75) is 44.4 Å². The van der Waals surface area contributed by atoms with E-state index in [0.29, 0.717) is 17.4 Å². The van der Waals surface area contributed by atoms with E-state index in [-0.39, 0.29) is 11.8 Å². The summed E-state index contributed by atoms with van der Waals surface area (Å²) < 4.78 is 5.18. The Hall–Kier alpha value is -2.11. The number of likely N-dealkylation sites (tertiary alicyclic amines) is 1. The molecule has 0 bridgehead atoms. The average Bonchev–Trinajstić information content (AvgIpc) is 3.48. The summed E-state index contributed by atoms with van der Waals surface area (Å²) in [4.78, 5) is 19.6. The van der Waals surface area contributed by atoms with Crippen LogP contribution in [0.4, 0.5) is 0 Å². The van der Waals surface area contributed by atoms with Crippen molar-refractivity contribution in [3.8, 4) is 0 Å². The minimum atomic E-state index is 0.0799. The van der Waals surface area contributed by atoms with Crippen LogP contribution in [0.15, 0.2) is 16.9 Å². The van der Waals surface area contributed by atoms with Gasteiger partial charge >= 0.3 is 0 Å². The molecule has 1 aliphatic heterocycles. The number of nitrogens with one attached hydrogen (secondary N) is 1. The topological polar surface area (TPSA) is 75.0 Å². The van der Waals surface area contributed by atoms with E-state index in [1.807, 2.05) is 11.8 Å². The van der Waals surface area contributed by atoms with Crippen LogP contribution in [-0.4, -0.2) is 39.1 Å². The van der Waals surface area contributed by atoms with Crippen LogP contribution in [0.5, 0.6) is 0 Å². The van der Waals surface area contributed by atoms with E-state index in [1.165, 1.54) is 25.7 Å². The number of hydrogen-bond acceptors (Lipinski definition) is 4. The van der Waals surface area contributed by atoms with E-state index in [1.54, 1.807) is 12.5 Å². The molecule has 5 rings (SSSR count). The fourth-order valence-electron chi connectivity index (χ4n) is 4.01. The highest BCUT2D eigenvalue weighted by Gasteiger charge is 2.46. The average molecular weight is 326 g/mol. The first-order valence-electron chi connectivity index (χ1n) is 8.95. The van der Waals surface area contributed by atoms with Gasteiger partial charge in [0.05, 0.1) is 11.8 Å². The van der Waals surface area contributed by atoms with Gasteiger partial charge in [-0.3, -0.25) is 9.89 Å². The molecule has 1 saturated heterocycles. The Balaban J connectivity index is 1.39. The Morgan fingerprint density at radius 1 is 1.25 bits per heavy atom. The molecule has 1 amide bonds. The smallest absolute Gasteiger partial charge is 0.257 e. The standard InChI is InChI=1S/C18H22N4O2/c1-10-8-24-9-15(10)18(23)22-6-13(11-2-3-11)14(7-22)17-19-16(20-21-17)12-4-5-12/h8-9,11-14H,2-7H2,1H3,(H,19,20,21)/t13-,14+/m1/s1. The lowest BCUT2D eigenvalue weighted by molar-refractivity contribution is 0.0783. The van der Waals surface area contributed by atoms with Crippen LogP contribution in [0, 0.1) is 18.8 Å². The molecule has 2 atom stereocenters. The molecule has 126 valence electrons. The minimum Gasteiger partial charge on any atom is -0.471 e. The Labute approximate surface area is 140 Å². The second-order valence-corrected chi connectivity index (χ2v) is 7.64. The molecule has 0 unspecified atom stereocenters. The third-order valence-corrected chi connectivity index (χ3v) is 5.78. The number of rotatable bonds is 4. The molecule has 0 radical (unpaired) electrons. The zero-order valence-electron chi connectivity index (χ0n) is 13.9. The van der Waals surface area contributed by atoms with Crippen LogP contribution < -0.4 is 0 Å². The molecule has 3 fully saturated rings. The second kappa shape index (κ2) is 5.19. The van der Waals surface area contributed by atoms with Gasteiger partial charge < -0.3 is 9.32 Å². The molecular formula is C18H22N4O2. The number of nitrogens with zero attached hydrogens (tertiary/aromatic N) is 3. The van der Waals surface area contributed by atoms with Crippen LogP contribution >= 0.6 is 0 Å². The van der Waals surface area contributed by atoms with Gasteiger partial charge in [0.2, 0.25) is 0 Å². The van der Waals surface area contributed by atoms with E-state index in [2.05, 4.69) is 10.2 Å². The van der Waals surface area contributed by atoms with Crippen molar-refractivity contribution >= 4 is 5.91 Å². The summed E-state index contributed by atoms with van der Waals surface area (Å²) in [5, 5.41) is 7.59. The van der Waals surface area contributed by atoms with Crippen molar-refractivity contribution in [2.24, 2.45) is 11.8 Å². The van der Waals surface area contributed by atoms with E-state index in [0.717, 1.165) is 36.2 Å². The van der Waals surface area contributed by atoms with E-state index >= 15 is 0 Å². The van der Waals surface area contributed by atoms with Crippen molar-refractivity contribution in [3.63, 3.8) is 0 Å². The van der Waals surface area contributed by atoms with Gasteiger partial charge in [0, 0.05) is 24.9 Å². The zero-order valence-corrected chi connectivity index (χ0v) is 13.9. The van der Waals surface area contributed by atoms with Gasteiger partial charge in [0.25, 0.3) is 5.91 Å². The molecule has 3 heterocycles. The summed E-state index contributed by atoms with van der Waals surface area (Å²) in [6, 6.07) is 0. The van der Waals surface area contributed by atoms with Crippen LogP contribution in [0.25, 0.3) is 0 Å². The number of aromatic nitrogens is 3. The molecule has 0 aromatic carbocycles. The van der Waals surface area contributed by atoms with Crippen molar-refractivity contribution in [2.75, 3.05) is 13.1 Å². The molecule has 6 heteroatoms. The Kier molecular flexibility index (Phi) is 3.08. The summed E-state index contributed by atoms with van der Waals surface area (Å²) in [7, 11) is 0. The van der Waals surface area contributed by atoms with Gasteiger partial charge in [0.1, 0.15) is 12.1 Å². The molecule has 24 heavy (non-hydrogen) atoms. The molecular weight excluding hydrogens is 304 g/mol. The van der Waals surface area contributed by atoms with Crippen molar-refractivity contribution < 1.29 is 9.21 Å². The molecule has 2 aromatic heterocycles. The Morgan fingerprint density at radius 2 is 2.08 bits per heavy atom. The summed E-state index contributed by atoms with van der Waals surface area (Å²) in [5.41, 5.74) is 1.59. The number of amides is 1. The van der Waals surface area contributed by atoms with E-state index in [9.17, 15) is 4.79 Å². The van der Waals surface area contributed by atoms with Gasteiger partial charge in [-0.1, -0.05) is 0 Å². The third kappa shape index (κ3) is 2.36. The molecule has 2 aliphatic carbocycles. The lowest BCUT2D eigenvalue weighted by Gasteiger charge is -2.15. The van der Waals surface area contributed by atoms with Crippen LogP contribution in [0.1, 0.15) is 65.1 Å². The zero-order chi connectivity index (χ0) is 16.3. The highest BCUT2D eigenvalue weighted by Crippen LogP contribution is 2.47. The molecule has 1 N–H and O–H groups in total. The maximum atomic E-state index is 12.8. The maximum absolute atomic E-state index is 12.8. The van der Waals surface area contributed by atoms with Gasteiger partial charge in [-0.25, -0.2) is 4.98 Å². The summed E-state index contributed by atoms with van der Waals surface area (Å²) in [6.45, 7) is 3.46. The Morgan fingerprint density at radius 3 is 2.75 bits per heavy atom. The lowest BCUT2D eigenvalue weighted by Crippen LogP contribution is -2.29. The predicted molar refractivity (Wildman–Crippen MR) is 86.7 cm³/mol. The summed E-state index contributed by atoms with van der Waals surface area (Å²) >= 11 is 0.